The predicted octanol–water partition coefficient (Wildman–Crippen LogP) is 0.0762. The van der Waals surface area contributed by atoms with E-state index in [0.717, 1.165) is 11.6 Å². The summed E-state index contributed by atoms with van der Waals surface area (Å²) in [5, 5.41) is 0.630. The number of nitrogens with zero attached hydrogens (tertiary/aromatic N) is 2. The lowest BCUT2D eigenvalue weighted by Crippen LogP contribution is -2.01. The highest BCUT2D eigenvalue weighted by atomic mass is 32.2. The molecule has 0 atom stereocenters. The Morgan fingerprint density at radius 3 is 2.88 bits per heavy atom. The number of nitrogens with two attached hydrogens (primary N) is 1. The molecular formula is C4H7N3S. The molecule has 1 aliphatic rings. The van der Waals surface area contributed by atoms with Gasteiger partial charge in [0.25, 0.3) is 0 Å². The first kappa shape index (κ1) is 5.62. The summed E-state index contributed by atoms with van der Waals surface area (Å²) >= 11 is 1.53. The van der Waals surface area contributed by atoms with Crippen molar-refractivity contribution in [3.05, 3.63) is 0 Å². The van der Waals surface area contributed by atoms with Crippen molar-refractivity contribution in [2.75, 3.05) is 12.8 Å². The second-order valence-corrected chi connectivity index (χ2v) is 2.37. The summed E-state index contributed by atoms with van der Waals surface area (Å²) in [4.78, 5) is 7.78. The Labute approximate surface area is 52.1 Å². The van der Waals surface area contributed by atoms with Crippen LogP contribution in [0.4, 0.5) is 0 Å². The van der Waals surface area contributed by atoms with Crippen LogP contribution in [0.15, 0.2) is 9.98 Å². The van der Waals surface area contributed by atoms with E-state index < -0.39 is 0 Å². The fourth-order valence-corrected chi connectivity index (χ4v) is 1.09. The van der Waals surface area contributed by atoms with E-state index in [4.69, 9.17) is 5.73 Å². The molecule has 0 fully saturated rings. The van der Waals surface area contributed by atoms with Crippen molar-refractivity contribution in [2.24, 2.45) is 15.7 Å². The third kappa shape index (κ3) is 1.01. The molecule has 0 radical (unpaired) electrons. The molecule has 44 valence electrons. The maximum Gasteiger partial charge on any atom is 0.161 e. The van der Waals surface area contributed by atoms with Crippen LogP contribution in [-0.2, 0) is 0 Å². The monoisotopic (exact) mass is 129 g/mol. The van der Waals surface area contributed by atoms with Gasteiger partial charge in [-0.2, -0.15) is 0 Å². The Kier molecular flexibility index (Phi) is 1.53. The zero-order valence-electron chi connectivity index (χ0n) is 4.59. The van der Waals surface area contributed by atoms with Crippen LogP contribution in [0.3, 0.4) is 0 Å². The number of hydrogen-bond acceptors (Lipinski definition) is 3. The van der Waals surface area contributed by atoms with Crippen LogP contribution in [0.5, 0.6) is 0 Å². The Morgan fingerprint density at radius 2 is 2.62 bits per heavy atom. The Bertz CT molecular complexity index is 149. The number of amidine groups is 2. The summed E-state index contributed by atoms with van der Waals surface area (Å²) in [5.41, 5.74) is 5.33. The van der Waals surface area contributed by atoms with Crippen LogP contribution < -0.4 is 5.73 Å². The first-order chi connectivity index (χ1) is 3.83. The lowest BCUT2D eigenvalue weighted by atomic mass is 10.7. The Morgan fingerprint density at radius 1 is 1.88 bits per heavy atom. The van der Waals surface area contributed by atoms with E-state index in [1.165, 1.54) is 11.8 Å². The molecule has 0 spiro atoms. The first-order valence-electron chi connectivity index (χ1n) is 2.25. The lowest BCUT2D eigenvalue weighted by Gasteiger charge is -1.79. The molecule has 2 N–H and O–H groups in total. The van der Waals surface area contributed by atoms with Crippen molar-refractivity contribution < 1.29 is 0 Å². The van der Waals surface area contributed by atoms with Gasteiger partial charge in [0.1, 0.15) is 5.84 Å². The van der Waals surface area contributed by atoms with Gasteiger partial charge in [-0.1, -0.05) is 11.8 Å². The van der Waals surface area contributed by atoms with Crippen molar-refractivity contribution >= 4 is 22.8 Å². The topological polar surface area (TPSA) is 50.7 Å². The first-order valence-corrected chi connectivity index (χ1v) is 3.24. The minimum atomic E-state index is 0.630. The molecule has 0 amide bonds. The van der Waals surface area contributed by atoms with Gasteiger partial charge in [0, 0.05) is 7.05 Å². The minimum absolute atomic E-state index is 0.630. The van der Waals surface area contributed by atoms with Crippen molar-refractivity contribution in [1.29, 1.82) is 0 Å². The molecule has 0 aromatic rings. The summed E-state index contributed by atoms with van der Waals surface area (Å²) in [5.74, 6) is 1.68. The maximum atomic E-state index is 5.33. The van der Waals surface area contributed by atoms with E-state index in [2.05, 4.69) is 9.98 Å². The molecule has 1 rings (SSSR count). The molecule has 0 aromatic carbocycles. The van der Waals surface area contributed by atoms with E-state index >= 15 is 0 Å². The molecular weight excluding hydrogens is 122 g/mol. The SMILES string of the molecule is CN=C1CSC(N)=N1. The summed E-state index contributed by atoms with van der Waals surface area (Å²) < 4.78 is 0. The molecule has 0 aliphatic carbocycles. The second kappa shape index (κ2) is 2.17. The van der Waals surface area contributed by atoms with E-state index in [1.54, 1.807) is 7.05 Å². The Balaban J connectivity index is 2.67. The van der Waals surface area contributed by atoms with Gasteiger partial charge >= 0.3 is 0 Å². The number of hydrogen-bond donors (Lipinski definition) is 1. The maximum absolute atomic E-state index is 5.33. The molecule has 1 heterocycles. The highest BCUT2D eigenvalue weighted by Gasteiger charge is 2.07. The second-order valence-electron chi connectivity index (χ2n) is 1.38. The fourth-order valence-electron chi connectivity index (χ4n) is 0.445. The molecule has 0 saturated heterocycles. The van der Waals surface area contributed by atoms with Crippen LogP contribution in [0.25, 0.3) is 0 Å². The van der Waals surface area contributed by atoms with Crippen LogP contribution in [-0.4, -0.2) is 23.8 Å². The van der Waals surface area contributed by atoms with Gasteiger partial charge in [0.15, 0.2) is 5.17 Å². The summed E-state index contributed by atoms with van der Waals surface area (Å²) in [6, 6.07) is 0. The predicted molar refractivity (Wildman–Crippen MR) is 37.4 cm³/mol. The zero-order valence-corrected chi connectivity index (χ0v) is 5.40. The number of rotatable bonds is 0. The molecule has 0 saturated carbocycles. The van der Waals surface area contributed by atoms with Gasteiger partial charge in [0.05, 0.1) is 5.75 Å². The fraction of sp³-hybridized carbons (Fsp3) is 0.500. The van der Waals surface area contributed by atoms with Crippen molar-refractivity contribution in [3.63, 3.8) is 0 Å². The minimum Gasteiger partial charge on any atom is -0.378 e. The molecule has 4 heteroatoms. The average Bonchev–Trinajstić information content (AvgIpc) is 2.14. The average molecular weight is 129 g/mol. The van der Waals surface area contributed by atoms with Gasteiger partial charge in [-0.05, 0) is 0 Å². The van der Waals surface area contributed by atoms with E-state index in [0.29, 0.717) is 5.17 Å². The van der Waals surface area contributed by atoms with E-state index in [9.17, 15) is 0 Å². The van der Waals surface area contributed by atoms with Gasteiger partial charge in [0.2, 0.25) is 0 Å². The van der Waals surface area contributed by atoms with Crippen LogP contribution in [0.1, 0.15) is 0 Å². The standard InChI is InChI=1S/C4H7N3S/c1-6-3-2-8-4(5)7-3/h2H2,1H3,(H2,5,6,7). The van der Waals surface area contributed by atoms with E-state index in [-0.39, 0.29) is 0 Å². The van der Waals surface area contributed by atoms with Crippen molar-refractivity contribution in [3.8, 4) is 0 Å². The molecule has 0 aromatic heterocycles. The summed E-state index contributed by atoms with van der Waals surface area (Å²) in [6.07, 6.45) is 0. The van der Waals surface area contributed by atoms with Gasteiger partial charge in [-0.3, -0.25) is 4.99 Å². The smallest absolute Gasteiger partial charge is 0.161 e. The molecule has 0 bridgehead atoms. The Hall–Kier alpha value is -0.510. The number of thioether (sulfide) groups is 1. The third-order valence-corrected chi connectivity index (χ3v) is 1.64. The molecule has 0 unspecified atom stereocenters. The lowest BCUT2D eigenvalue weighted by molar-refractivity contribution is 1.39. The quantitative estimate of drug-likeness (QED) is 0.503. The van der Waals surface area contributed by atoms with E-state index in [1.807, 2.05) is 0 Å². The summed E-state index contributed by atoms with van der Waals surface area (Å²) in [7, 11) is 1.72. The number of aliphatic imine (C=N–C) groups is 2. The highest BCUT2D eigenvalue weighted by molar-refractivity contribution is 8.14. The zero-order chi connectivity index (χ0) is 5.98. The highest BCUT2D eigenvalue weighted by Crippen LogP contribution is 2.08. The van der Waals surface area contributed by atoms with Crippen LogP contribution in [0, 0.1) is 0 Å². The third-order valence-electron chi connectivity index (χ3n) is 0.847. The van der Waals surface area contributed by atoms with Crippen molar-refractivity contribution in [2.45, 2.75) is 0 Å². The molecule has 3 nitrogen and oxygen atoms in total. The van der Waals surface area contributed by atoms with Gasteiger partial charge in [-0.15, -0.1) is 0 Å². The molecule has 8 heavy (non-hydrogen) atoms. The summed E-state index contributed by atoms with van der Waals surface area (Å²) in [6.45, 7) is 0. The van der Waals surface area contributed by atoms with Crippen LogP contribution in [0.2, 0.25) is 0 Å². The normalized spacial score (nSPS) is 24.1. The van der Waals surface area contributed by atoms with Gasteiger partial charge < -0.3 is 5.73 Å². The largest absolute Gasteiger partial charge is 0.378 e. The molecule has 1 aliphatic heterocycles. The van der Waals surface area contributed by atoms with Crippen LogP contribution >= 0.6 is 11.8 Å². The van der Waals surface area contributed by atoms with Gasteiger partial charge in [-0.25, -0.2) is 4.99 Å². The van der Waals surface area contributed by atoms with Crippen molar-refractivity contribution in [1.82, 2.24) is 0 Å².